The molecule has 5 nitrogen and oxygen atoms in total. The number of benzene rings is 1. The van der Waals surface area contributed by atoms with Gasteiger partial charge in [-0.1, -0.05) is 19.9 Å². The molecular formula is C23H29N3O2. The number of nitriles is 1. The van der Waals surface area contributed by atoms with Crippen molar-refractivity contribution in [2.75, 3.05) is 5.32 Å². The number of nitrogens with one attached hydrogen (secondary N) is 2. The number of hydrogen-bond donors (Lipinski definition) is 2. The number of nitrogens with zero attached hydrogens (tertiary/aromatic N) is 1. The zero-order valence-electron chi connectivity index (χ0n) is 16.7. The predicted octanol–water partition coefficient (Wildman–Crippen LogP) is 3.85. The summed E-state index contributed by atoms with van der Waals surface area (Å²) in [5.41, 5.74) is 0.818. The summed E-state index contributed by atoms with van der Waals surface area (Å²) in [5, 5.41) is 15.0. The average Bonchev–Trinajstić information content (AvgIpc) is 2.64. The van der Waals surface area contributed by atoms with Crippen LogP contribution in [0.1, 0.15) is 57.9 Å². The second-order valence-electron chi connectivity index (χ2n) is 9.57. The first kappa shape index (κ1) is 19.0. The van der Waals surface area contributed by atoms with Crippen molar-refractivity contribution in [2.24, 2.45) is 29.1 Å². The zero-order valence-corrected chi connectivity index (χ0v) is 16.7. The second-order valence-corrected chi connectivity index (χ2v) is 9.57. The lowest BCUT2D eigenvalue weighted by Gasteiger charge is -2.55. The quantitative estimate of drug-likeness (QED) is 0.815. The number of anilines is 1. The highest BCUT2D eigenvalue weighted by atomic mass is 16.2. The molecule has 2 N–H and O–H groups in total. The minimum atomic E-state index is -0.578. The maximum Gasteiger partial charge on any atom is 0.247 e. The van der Waals surface area contributed by atoms with Crippen molar-refractivity contribution in [3.63, 3.8) is 0 Å². The zero-order chi connectivity index (χ0) is 19.9. The van der Waals surface area contributed by atoms with Crippen LogP contribution in [0.2, 0.25) is 0 Å². The Bertz CT molecular complexity index is 788. The van der Waals surface area contributed by atoms with Crippen molar-refractivity contribution in [2.45, 2.75) is 58.4 Å². The van der Waals surface area contributed by atoms with E-state index in [1.807, 2.05) is 13.8 Å². The Labute approximate surface area is 166 Å². The number of hydrogen-bond acceptors (Lipinski definition) is 3. The van der Waals surface area contributed by atoms with Crippen LogP contribution in [0.25, 0.3) is 0 Å². The molecule has 0 spiro atoms. The van der Waals surface area contributed by atoms with Crippen molar-refractivity contribution >= 4 is 17.5 Å². The van der Waals surface area contributed by atoms with E-state index in [4.69, 9.17) is 5.26 Å². The average molecular weight is 380 g/mol. The lowest BCUT2D eigenvalue weighted by atomic mass is 9.49. The molecule has 0 radical (unpaired) electrons. The number of rotatable bonds is 5. The van der Waals surface area contributed by atoms with Gasteiger partial charge in [0, 0.05) is 11.1 Å². The molecule has 148 valence electrons. The molecule has 4 saturated carbocycles. The standard InChI is InChI=1S/C23H29N3O2/c1-14(2)20(21(27)25-19-5-3-4-15(9-19)13-24)26-22(28)23-10-16-6-17(11-23)8-18(7-16)12-23/h3-5,9,14,16-18,20H,6-8,10-12H2,1-2H3,(H,25,27)(H,26,28)/t16?,17?,18?,20-,23?/m1/s1. The summed E-state index contributed by atoms with van der Waals surface area (Å²) in [7, 11) is 0. The van der Waals surface area contributed by atoms with Crippen LogP contribution in [0.15, 0.2) is 24.3 Å². The first-order chi connectivity index (χ1) is 13.4. The lowest BCUT2D eigenvalue weighted by molar-refractivity contribution is -0.148. The smallest absolute Gasteiger partial charge is 0.247 e. The van der Waals surface area contributed by atoms with E-state index >= 15 is 0 Å². The monoisotopic (exact) mass is 379 g/mol. The Hall–Kier alpha value is -2.35. The molecule has 0 aliphatic heterocycles. The number of amides is 2. The van der Waals surface area contributed by atoms with Gasteiger partial charge in [0.2, 0.25) is 11.8 Å². The van der Waals surface area contributed by atoms with Crippen molar-refractivity contribution < 1.29 is 9.59 Å². The number of carbonyl (C=O) groups is 2. The SMILES string of the molecule is CC(C)[C@@H](NC(=O)C12CC3CC(CC(C3)C1)C2)C(=O)Nc1cccc(C#N)c1. The van der Waals surface area contributed by atoms with Gasteiger partial charge in [0.25, 0.3) is 0 Å². The van der Waals surface area contributed by atoms with E-state index in [-0.39, 0.29) is 23.1 Å². The van der Waals surface area contributed by atoms with Gasteiger partial charge >= 0.3 is 0 Å². The normalized spacial score (nSPS) is 31.3. The first-order valence-corrected chi connectivity index (χ1v) is 10.5. The minimum absolute atomic E-state index is 0.0167. The third-order valence-electron chi connectivity index (χ3n) is 7.01. The summed E-state index contributed by atoms with van der Waals surface area (Å²) < 4.78 is 0. The summed E-state index contributed by atoms with van der Waals surface area (Å²) in [5.74, 6) is 1.91. The molecule has 1 atom stereocenters. The molecule has 4 aliphatic carbocycles. The van der Waals surface area contributed by atoms with Crippen molar-refractivity contribution in [3.8, 4) is 6.07 Å². The fourth-order valence-electron chi connectivity index (χ4n) is 6.10. The van der Waals surface area contributed by atoms with E-state index in [1.54, 1.807) is 24.3 Å². The fourth-order valence-corrected chi connectivity index (χ4v) is 6.10. The van der Waals surface area contributed by atoms with Crippen LogP contribution < -0.4 is 10.6 Å². The third-order valence-corrected chi connectivity index (χ3v) is 7.01. The second kappa shape index (κ2) is 7.24. The van der Waals surface area contributed by atoms with Crippen molar-refractivity contribution in [1.82, 2.24) is 5.32 Å². The summed E-state index contributed by atoms with van der Waals surface area (Å²) in [6.45, 7) is 3.91. The minimum Gasteiger partial charge on any atom is -0.344 e. The van der Waals surface area contributed by atoms with Crippen LogP contribution in [-0.4, -0.2) is 17.9 Å². The van der Waals surface area contributed by atoms with Crippen LogP contribution in [0, 0.1) is 40.4 Å². The fraction of sp³-hybridized carbons (Fsp3) is 0.609. The Morgan fingerprint density at radius 1 is 1.11 bits per heavy atom. The Kier molecular flexibility index (Phi) is 4.91. The molecule has 1 aromatic rings. The summed E-state index contributed by atoms with van der Waals surface area (Å²) in [6.07, 6.45) is 6.83. The third kappa shape index (κ3) is 3.53. The van der Waals surface area contributed by atoms with E-state index in [2.05, 4.69) is 16.7 Å². The molecular weight excluding hydrogens is 350 g/mol. The molecule has 4 bridgehead atoms. The lowest BCUT2D eigenvalue weighted by Crippen LogP contribution is -2.57. The summed E-state index contributed by atoms with van der Waals surface area (Å²) >= 11 is 0. The molecule has 2 amide bonds. The van der Waals surface area contributed by atoms with E-state index in [9.17, 15) is 9.59 Å². The van der Waals surface area contributed by atoms with Crippen LogP contribution >= 0.6 is 0 Å². The van der Waals surface area contributed by atoms with Gasteiger partial charge in [0.05, 0.1) is 11.6 Å². The molecule has 0 unspecified atom stereocenters. The molecule has 0 heterocycles. The van der Waals surface area contributed by atoms with Crippen LogP contribution in [-0.2, 0) is 9.59 Å². The van der Waals surface area contributed by atoms with Gasteiger partial charge in [0.1, 0.15) is 6.04 Å². The van der Waals surface area contributed by atoms with Gasteiger partial charge in [-0.15, -0.1) is 0 Å². The van der Waals surface area contributed by atoms with E-state index in [0.717, 1.165) is 19.3 Å². The van der Waals surface area contributed by atoms with Gasteiger partial charge in [-0.25, -0.2) is 0 Å². The molecule has 0 aromatic heterocycles. The van der Waals surface area contributed by atoms with Crippen LogP contribution in [0.5, 0.6) is 0 Å². The molecule has 1 aromatic carbocycles. The molecule has 5 rings (SSSR count). The maximum absolute atomic E-state index is 13.3. The molecule has 4 aliphatic rings. The predicted molar refractivity (Wildman–Crippen MR) is 107 cm³/mol. The van der Waals surface area contributed by atoms with Crippen molar-refractivity contribution in [1.29, 1.82) is 5.26 Å². The summed E-state index contributed by atoms with van der Waals surface area (Å²) in [6, 6.07) is 8.35. The van der Waals surface area contributed by atoms with E-state index in [1.165, 1.54) is 19.3 Å². The Balaban J connectivity index is 1.47. The first-order valence-electron chi connectivity index (χ1n) is 10.5. The van der Waals surface area contributed by atoms with E-state index in [0.29, 0.717) is 29.0 Å². The van der Waals surface area contributed by atoms with Gasteiger partial charge in [0.15, 0.2) is 0 Å². The van der Waals surface area contributed by atoms with Crippen molar-refractivity contribution in [3.05, 3.63) is 29.8 Å². The number of carbonyl (C=O) groups excluding carboxylic acids is 2. The van der Waals surface area contributed by atoms with Gasteiger partial charge in [-0.2, -0.15) is 5.26 Å². The molecule has 4 fully saturated rings. The Morgan fingerprint density at radius 2 is 1.71 bits per heavy atom. The van der Waals surface area contributed by atoms with Crippen LogP contribution in [0.3, 0.4) is 0 Å². The van der Waals surface area contributed by atoms with Gasteiger partial charge < -0.3 is 10.6 Å². The largest absolute Gasteiger partial charge is 0.344 e. The molecule has 0 saturated heterocycles. The van der Waals surface area contributed by atoms with Gasteiger partial charge in [-0.05, 0) is 80.4 Å². The highest BCUT2D eigenvalue weighted by molar-refractivity contribution is 5.98. The molecule has 28 heavy (non-hydrogen) atoms. The highest BCUT2D eigenvalue weighted by Gasteiger charge is 2.55. The van der Waals surface area contributed by atoms with Gasteiger partial charge in [-0.3, -0.25) is 9.59 Å². The Morgan fingerprint density at radius 3 is 2.25 bits per heavy atom. The summed E-state index contributed by atoms with van der Waals surface area (Å²) in [4.78, 5) is 26.2. The van der Waals surface area contributed by atoms with Crippen LogP contribution in [0.4, 0.5) is 5.69 Å². The topological polar surface area (TPSA) is 82.0 Å². The van der Waals surface area contributed by atoms with E-state index < -0.39 is 6.04 Å². The molecule has 5 heteroatoms. The maximum atomic E-state index is 13.3. The highest BCUT2D eigenvalue weighted by Crippen LogP contribution is 2.60.